The van der Waals surface area contributed by atoms with E-state index in [1.807, 2.05) is 13.0 Å². The molecule has 0 heterocycles. The third kappa shape index (κ3) is 3.98. The summed E-state index contributed by atoms with van der Waals surface area (Å²) in [5.74, 6) is -0.211. The number of aryl methyl sites for hydroxylation is 1. The molecular weight excluding hydrogens is 195 g/mol. The first-order chi connectivity index (χ1) is 7.27. The molecule has 0 aliphatic rings. The molecule has 0 amide bonds. The minimum Gasteiger partial charge on any atom is -0.382 e. The van der Waals surface area contributed by atoms with E-state index in [9.17, 15) is 4.39 Å². The summed E-state index contributed by atoms with van der Waals surface area (Å²) in [5, 5.41) is 0. The van der Waals surface area contributed by atoms with E-state index in [-0.39, 0.29) is 5.82 Å². The van der Waals surface area contributed by atoms with Crippen molar-refractivity contribution in [3.8, 4) is 0 Å². The third-order valence-corrected chi connectivity index (χ3v) is 2.24. The smallest absolute Gasteiger partial charge is 0.123 e. The van der Waals surface area contributed by atoms with Gasteiger partial charge in [0.2, 0.25) is 0 Å². The Morgan fingerprint density at radius 2 is 2.00 bits per heavy atom. The molecular formula is C12H17FO2. The fourth-order valence-electron chi connectivity index (χ4n) is 1.40. The lowest BCUT2D eigenvalue weighted by Crippen LogP contribution is -2.03. The molecule has 0 aliphatic heterocycles. The van der Waals surface area contributed by atoms with Crippen LogP contribution in [0.15, 0.2) is 18.2 Å². The fraction of sp³-hybridized carbons (Fsp3) is 0.500. The van der Waals surface area contributed by atoms with Crippen LogP contribution in [0.1, 0.15) is 18.1 Å². The zero-order chi connectivity index (χ0) is 11.1. The van der Waals surface area contributed by atoms with E-state index in [1.165, 1.54) is 12.1 Å². The predicted molar refractivity (Wildman–Crippen MR) is 57.3 cm³/mol. The zero-order valence-corrected chi connectivity index (χ0v) is 9.25. The van der Waals surface area contributed by atoms with Gasteiger partial charge in [-0.2, -0.15) is 0 Å². The summed E-state index contributed by atoms with van der Waals surface area (Å²) >= 11 is 0. The Bertz CT molecular complexity index is 300. The van der Waals surface area contributed by atoms with E-state index in [1.54, 1.807) is 7.11 Å². The number of methoxy groups -OCH3 is 1. The van der Waals surface area contributed by atoms with Crippen LogP contribution in [-0.4, -0.2) is 20.3 Å². The van der Waals surface area contributed by atoms with Crippen molar-refractivity contribution in [1.82, 2.24) is 0 Å². The molecule has 15 heavy (non-hydrogen) atoms. The molecule has 0 atom stereocenters. The van der Waals surface area contributed by atoms with Crippen LogP contribution in [0, 0.1) is 5.82 Å². The van der Waals surface area contributed by atoms with Gasteiger partial charge in [0.1, 0.15) is 5.82 Å². The summed E-state index contributed by atoms with van der Waals surface area (Å²) in [6.07, 6.45) is 0.892. The Labute approximate surface area is 90.0 Å². The van der Waals surface area contributed by atoms with Crippen molar-refractivity contribution in [3.05, 3.63) is 35.1 Å². The summed E-state index contributed by atoms with van der Waals surface area (Å²) in [4.78, 5) is 0. The molecule has 0 aliphatic carbocycles. The van der Waals surface area contributed by atoms with Crippen molar-refractivity contribution < 1.29 is 13.9 Å². The van der Waals surface area contributed by atoms with E-state index in [0.717, 1.165) is 17.5 Å². The Balaban J connectivity index is 2.54. The molecule has 1 rings (SSSR count). The maximum Gasteiger partial charge on any atom is 0.123 e. The van der Waals surface area contributed by atoms with E-state index in [2.05, 4.69) is 0 Å². The van der Waals surface area contributed by atoms with Gasteiger partial charge in [0.15, 0.2) is 0 Å². The van der Waals surface area contributed by atoms with E-state index in [4.69, 9.17) is 9.47 Å². The fourth-order valence-corrected chi connectivity index (χ4v) is 1.40. The molecule has 1 aromatic carbocycles. The van der Waals surface area contributed by atoms with Gasteiger partial charge >= 0.3 is 0 Å². The summed E-state index contributed by atoms with van der Waals surface area (Å²) in [6.45, 7) is 3.60. The van der Waals surface area contributed by atoms with Crippen molar-refractivity contribution in [1.29, 1.82) is 0 Å². The lowest BCUT2D eigenvalue weighted by molar-refractivity contribution is 0.0613. The van der Waals surface area contributed by atoms with Crippen molar-refractivity contribution in [2.24, 2.45) is 0 Å². The Morgan fingerprint density at radius 3 is 2.67 bits per heavy atom. The molecule has 0 spiro atoms. The van der Waals surface area contributed by atoms with E-state index < -0.39 is 0 Å². The number of hydrogen-bond donors (Lipinski definition) is 0. The number of ether oxygens (including phenoxy) is 2. The molecule has 0 radical (unpaired) electrons. The van der Waals surface area contributed by atoms with Crippen LogP contribution in [-0.2, 0) is 22.5 Å². The third-order valence-electron chi connectivity index (χ3n) is 2.24. The average molecular weight is 212 g/mol. The number of halogens is 1. The lowest BCUT2D eigenvalue weighted by Gasteiger charge is -2.08. The van der Waals surface area contributed by atoms with E-state index in [0.29, 0.717) is 19.8 Å². The van der Waals surface area contributed by atoms with Crippen molar-refractivity contribution >= 4 is 0 Å². The molecule has 0 fully saturated rings. The topological polar surface area (TPSA) is 18.5 Å². The van der Waals surface area contributed by atoms with Gasteiger partial charge < -0.3 is 9.47 Å². The quantitative estimate of drug-likeness (QED) is 0.675. The van der Waals surface area contributed by atoms with E-state index >= 15 is 0 Å². The highest BCUT2D eigenvalue weighted by Gasteiger charge is 2.02. The minimum atomic E-state index is -0.211. The van der Waals surface area contributed by atoms with Gasteiger partial charge in [0.25, 0.3) is 0 Å². The highest BCUT2D eigenvalue weighted by molar-refractivity contribution is 5.27. The molecule has 0 aromatic heterocycles. The normalized spacial score (nSPS) is 10.6. The van der Waals surface area contributed by atoms with Crippen molar-refractivity contribution in [2.75, 3.05) is 20.3 Å². The molecule has 0 N–H and O–H groups in total. The maximum atomic E-state index is 13.0. The van der Waals surface area contributed by atoms with Crippen LogP contribution < -0.4 is 0 Å². The first kappa shape index (κ1) is 12.1. The molecule has 2 nitrogen and oxygen atoms in total. The zero-order valence-electron chi connectivity index (χ0n) is 9.25. The SMILES string of the molecule is CCc1ccc(F)cc1COCCOC. The number of benzene rings is 1. The standard InChI is InChI=1S/C12H17FO2/c1-3-10-4-5-12(13)8-11(10)9-15-7-6-14-2/h4-5,8H,3,6-7,9H2,1-2H3. The largest absolute Gasteiger partial charge is 0.382 e. The Kier molecular flexibility index (Phi) is 5.29. The molecule has 3 heteroatoms. The van der Waals surface area contributed by atoms with Crippen molar-refractivity contribution in [2.45, 2.75) is 20.0 Å². The Morgan fingerprint density at radius 1 is 1.20 bits per heavy atom. The van der Waals surface area contributed by atoms with Crippen molar-refractivity contribution in [3.63, 3.8) is 0 Å². The lowest BCUT2D eigenvalue weighted by atomic mass is 10.1. The minimum absolute atomic E-state index is 0.211. The summed E-state index contributed by atoms with van der Waals surface area (Å²) in [6, 6.07) is 4.83. The monoisotopic (exact) mass is 212 g/mol. The Hall–Kier alpha value is -0.930. The molecule has 0 saturated heterocycles. The number of hydrogen-bond acceptors (Lipinski definition) is 2. The average Bonchev–Trinajstić information content (AvgIpc) is 2.25. The molecule has 84 valence electrons. The van der Waals surface area contributed by atoms with Gasteiger partial charge in [-0.15, -0.1) is 0 Å². The van der Waals surface area contributed by atoms with Gasteiger partial charge in [-0.25, -0.2) is 4.39 Å². The van der Waals surface area contributed by atoms with Gasteiger partial charge in [-0.3, -0.25) is 0 Å². The molecule has 1 aromatic rings. The van der Waals surface area contributed by atoms with Gasteiger partial charge in [0, 0.05) is 7.11 Å². The predicted octanol–water partition coefficient (Wildman–Crippen LogP) is 2.55. The maximum absolute atomic E-state index is 13.0. The number of rotatable bonds is 6. The van der Waals surface area contributed by atoms with Gasteiger partial charge in [-0.05, 0) is 29.7 Å². The van der Waals surface area contributed by atoms with Crippen LogP contribution in [0.5, 0.6) is 0 Å². The second-order valence-electron chi connectivity index (χ2n) is 3.31. The van der Waals surface area contributed by atoms with Crippen LogP contribution >= 0.6 is 0 Å². The summed E-state index contributed by atoms with van der Waals surface area (Å²) < 4.78 is 23.2. The van der Waals surface area contributed by atoms with Crippen LogP contribution in [0.25, 0.3) is 0 Å². The molecule has 0 unspecified atom stereocenters. The van der Waals surface area contributed by atoms with Gasteiger partial charge in [0.05, 0.1) is 19.8 Å². The summed E-state index contributed by atoms with van der Waals surface area (Å²) in [5.41, 5.74) is 2.06. The second-order valence-corrected chi connectivity index (χ2v) is 3.31. The second kappa shape index (κ2) is 6.53. The first-order valence-electron chi connectivity index (χ1n) is 5.12. The summed E-state index contributed by atoms with van der Waals surface area (Å²) in [7, 11) is 1.63. The molecule has 0 saturated carbocycles. The van der Waals surface area contributed by atoms with Crippen LogP contribution in [0.3, 0.4) is 0 Å². The van der Waals surface area contributed by atoms with Crippen LogP contribution in [0.2, 0.25) is 0 Å². The van der Waals surface area contributed by atoms with Gasteiger partial charge in [-0.1, -0.05) is 13.0 Å². The first-order valence-corrected chi connectivity index (χ1v) is 5.12. The molecule has 0 bridgehead atoms. The highest BCUT2D eigenvalue weighted by atomic mass is 19.1. The highest BCUT2D eigenvalue weighted by Crippen LogP contribution is 2.13. The van der Waals surface area contributed by atoms with Crippen LogP contribution in [0.4, 0.5) is 4.39 Å².